The van der Waals surface area contributed by atoms with Crippen LogP contribution in [0, 0.1) is 6.07 Å². The molecule has 0 saturated heterocycles. The molecule has 0 spiro atoms. The van der Waals surface area contributed by atoms with Gasteiger partial charge in [0.1, 0.15) is 0 Å². The highest BCUT2D eigenvalue weighted by molar-refractivity contribution is 7.80. The maximum Gasteiger partial charge on any atom is 0.00525 e. The van der Waals surface area contributed by atoms with Crippen molar-refractivity contribution in [3.8, 4) is 0 Å². The lowest BCUT2D eigenvalue weighted by Crippen LogP contribution is -1.71. The van der Waals surface area contributed by atoms with Gasteiger partial charge in [0.2, 0.25) is 0 Å². The molecule has 0 aliphatic heterocycles. The molecule has 1 heteroatoms. The van der Waals surface area contributed by atoms with Gasteiger partial charge in [-0.1, -0.05) is 24.3 Å². The minimum Gasteiger partial charge on any atom is -0.143 e. The van der Waals surface area contributed by atoms with Crippen molar-refractivity contribution in [2.45, 2.75) is 4.90 Å². The van der Waals surface area contributed by atoms with Crippen LogP contribution in [0.15, 0.2) is 41.3 Å². The smallest absolute Gasteiger partial charge is 0.00525 e. The average Bonchev–Trinajstić information content (AvgIpc) is 2.04. The molecule has 0 nitrogen and oxygen atoms in total. The molecule has 0 aromatic heterocycles. The molecule has 53 valence electrons. The topological polar surface area (TPSA) is 0 Å². The van der Waals surface area contributed by atoms with Crippen molar-refractivity contribution in [3.05, 3.63) is 42.5 Å². The first-order valence-electron chi connectivity index (χ1n) is 3.46. The normalized spacial score (nSPS) is 10.3. The van der Waals surface area contributed by atoms with Crippen molar-refractivity contribution in [1.82, 2.24) is 0 Å². The van der Waals surface area contributed by atoms with E-state index in [-0.39, 0.29) is 0 Å². The molecule has 0 atom stereocenters. The van der Waals surface area contributed by atoms with Crippen LogP contribution in [0.25, 0.3) is 10.8 Å². The Bertz CT molecular complexity index is 379. The maximum absolute atomic E-state index is 4.23. The molecule has 2 aromatic rings. The number of thiol groups is 1. The first-order valence-corrected chi connectivity index (χ1v) is 3.90. The molecular weight excluding hydrogens is 152 g/mol. The Morgan fingerprint density at radius 1 is 1.18 bits per heavy atom. The van der Waals surface area contributed by atoms with Gasteiger partial charge < -0.3 is 0 Å². The van der Waals surface area contributed by atoms with Crippen LogP contribution in [0.4, 0.5) is 0 Å². The quantitative estimate of drug-likeness (QED) is 0.561. The highest BCUT2D eigenvalue weighted by Crippen LogP contribution is 2.16. The Hall–Kier alpha value is -0.950. The Morgan fingerprint density at radius 3 is 2.91 bits per heavy atom. The van der Waals surface area contributed by atoms with Gasteiger partial charge in [-0.25, -0.2) is 0 Å². The largest absolute Gasteiger partial charge is 0.143 e. The van der Waals surface area contributed by atoms with Crippen LogP contribution in [0.5, 0.6) is 0 Å². The highest BCUT2D eigenvalue weighted by atomic mass is 32.1. The fourth-order valence-corrected chi connectivity index (χ4v) is 1.31. The molecule has 2 rings (SSSR count). The molecule has 0 fully saturated rings. The van der Waals surface area contributed by atoms with Crippen molar-refractivity contribution in [3.63, 3.8) is 0 Å². The third-order valence-electron chi connectivity index (χ3n) is 1.64. The van der Waals surface area contributed by atoms with E-state index in [0.717, 1.165) is 10.3 Å². The monoisotopic (exact) mass is 159 g/mol. The second kappa shape index (κ2) is 2.59. The predicted molar refractivity (Wildman–Crippen MR) is 50.0 cm³/mol. The van der Waals surface area contributed by atoms with E-state index in [2.05, 4.69) is 24.8 Å². The summed E-state index contributed by atoms with van der Waals surface area (Å²) < 4.78 is 0. The Labute approximate surface area is 71.3 Å². The molecule has 0 heterocycles. The maximum atomic E-state index is 4.23. The van der Waals surface area contributed by atoms with Gasteiger partial charge in [0, 0.05) is 4.90 Å². The van der Waals surface area contributed by atoms with Crippen molar-refractivity contribution >= 4 is 23.4 Å². The Morgan fingerprint density at radius 2 is 2.00 bits per heavy atom. The highest BCUT2D eigenvalue weighted by Gasteiger charge is 1.90. The summed E-state index contributed by atoms with van der Waals surface area (Å²) in [7, 11) is 0. The van der Waals surface area contributed by atoms with E-state index in [1.165, 1.54) is 5.39 Å². The number of hydrogen-bond acceptors (Lipinski definition) is 1. The molecule has 0 unspecified atom stereocenters. The molecule has 0 bridgehead atoms. The summed E-state index contributed by atoms with van der Waals surface area (Å²) in [5, 5.41) is 2.34. The number of hydrogen-bond donors (Lipinski definition) is 1. The van der Waals surface area contributed by atoms with Crippen LogP contribution in [0.1, 0.15) is 0 Å². The van der Waals surface area contributed by atoms with Crippen LogP contribution >= 0.6 is 12.6 Å². The SMILES string of the molecule is Sc1c[c]c2ccccc2c1. The van der Waals surface area contributed by atoms with Crippen LogP contribution in [-0.2, 0) is 0 Å². The Kier molecular flexibility index (Phi) is 1.59. The fraction of sp³-hybridized carbons (Fsp3) is 0. The summed E-state index contributed by atoms with van der Waals surface area (Å²) >= 11 is 4.23. The van der Waals surface area contributed by atoms with Crippen LogP contribution in [0.2, 0.25) is 0 Å². The van der Waals surface area contributed by atoms with Crippen LogP contribution in [0.3, 0.4) is 0 Å². The van der Waals surface area contributed by atoms with E-state index in [1.54, 1.807) is 0 Å². The molecule has 1 radical (unpaired) electrons. The van der Waals surface area contributed by atoms with Crippen molar-refractivity contribution < 1.29 is 0 Å². The first-order chi connectivity index (χ1) is 5.36. The standard InChI is InChI=1S/C10H7S/c11-10-6-5-8-3-1-2-4-9(8)7-10/h1-4,6-7,11H. The van der Waals surface area contributed by atoms with Crippen molar-refractivity contribution in [2.75, 3.05) is 0 Å². The van der Waals surface area contributed by atoms with Gasteiger partial charge >= 0.3 is 0 Å². The van der Waals surface area contributed by atoms with E-state index < -0.39 is 0 Å². The predicted octanol–water partition coefficient (Wildman–Crippen LogP) is 2.93. The van der Waals surface area contributed by atoms with Crippen LogP contribution in [-0.4, -0.2) is 0 Å². The molecule has 2 aromatic carbocycles. The summed E-state index contributed by atoms with van der Waals surface area (Å²) in [6, 6.07) is 15.2. The van der Waals surface area contributed by atoms with Gasteiger partial charge in [0.15, 0.2) is 0 Å². The van der Waals surface area contributed by atoms with Crippen molar-refractivity contribution in [2.24, 2.45) is 0 Å². The zero-order valence-corrected chi connectivity index (χ0v) is 6.81. The molecule has 0 saturated carbocycles. The number of rotatable bonds is 0. The second-order valence-corrected chi connectivity index (χ2v) is 2.96. The Balaban J connectivity index is 2.83. The number of fused-ring (bicyclic) bond motifs is 1. The summed E-state index contributed by atoms with van der Waals surface area (Å²) in [6.07, 6.45) is 0. The van der Waals surface area contributed by atoms with E-state index >= 15 is 0 Å². The lowest BCUT2D eigenvalue weighted by molar-refractivity contribution is 1.52. The third-order valence-corrected chi connectivity index (χ3v) is 1.90. The minimum atomic E-state index is 0.962. The number of benzene rings is 2. The molecular formula is C10H7S. The van der Waals surface area contributed by atoms with E-state index in [0.29, 0.717) is 0 Å². The zero-order valence-electron chi connectivity index (χ0n) is 5.91. The molecule has 0 N–H and O–H groups in total. The lowest BCUT2D eigenvalue weighted by atomic mass is 10.1. The zero-order chi connectivity index (χ0) is 7.68. The second-order valence-electron chi connectivity index (χ2n) is 2.45. The minimum absolute atomic E-state index is 0.962. The van der Waals surface area contributed by atoms with E-state index in [4.69, 9.17) is 0 Å². The summed E-state index contributed by atoms with van der Waals surface area (Å²) in [4.78, 5) is 0.962. The van der Waals surface area contributed by atoms with Gasteiger partial charge in [-0.15, -0.1) is 12.6 Å². The molecule has 0 aliphatic rings. The summed E-state index contributed by atoms with van der Waals surface area (Å²) in [6.45, 7) is 0. The fourth-order valence-electron chi connectivity index (χ4n) is 1.11. The van der Waals surface area contributed by atoms with Crippen molar-refractivity contribution in [1.29, 1.82) is 0 Å². The first kappa shape index (κ1) is 6.74. The third kappa shape index (κ3) is 1.24. The molecule has 0 amide bonds. The van der Waals surface area contributed by atoms with Gasteiger partial charge in [-0.05, 0) is 29.0 Å². The van der Waals surface area contributed by atoms with Gasteiger partial charge in [0.25, 0.3) is 0 Å². The molecule has 0 aliphatic carbocycles. The average molecular weight is 159 g/mol. The van der Waals surface area contributed by atoms with Crippen LogP contribution < -0.4 is 0 Å². The summed E-state index contributed by atoms with van der Waals surface area (Å²) in [5.74, 6) is 0. The molecule has 11 heavy (non-hydrogen) atoms. The van der Waals surface area contributed by atoms with Gasteiger partial charge in [-0.3, -0.25) is 0 Å². The van der Waals surface area contributed by atoms with E-state index in [9.17, 15) is 0 Å². The van der Waals surface area contributed by atoms with E-state index in [1.807, 2.05) is 30.3 Å². The summed E-state index contributed by atoms with van der Waals surface area (Å²) in [5.41, 5.74) is 0. The lowest BCUT2D eigenvalue weighted by Gasteiger charge is -1.95. The van der Waals surface area contributed by atoms with Gasteiger partial charge in [0.05, 0.1) is 0 Å². The van der Waals surface area contributed by atoms with Gasteiger partial charge in [-0.2, -0.15) is 0 Å².